The minimum absolute atomic E-state index is 0.192. The third-order valence-corrected chi connectivity index (χ3v) is 5.32. The zero-order valence-electron chi connectivity index (χ0n) is 15.7. The van der Waals surface area contributed by atoms with Gasteiger partial charge in [-0.15, -0.1) is 13.2 Å². The van der Waals surface area contributed by atoms with Crippen LogP contribution in [-0.4, -0.2) is 6.36 Å². The molecule has 3 rings (SSSR count). The second-order valence-corrected chi connectivity index (χ2v) is 7.39. The van der Waals surface area contributed by atoms with Gasteiger partial charge in [-0.25, -0.2) is 8.78 Å². The number of alkyl halides is 3. The molecule has 0 bridgehead atoms. The van der Waals surface area contributed by atoms with Crippen LogP contribution in [0.15, 0.2) is 30.3 Å². The second kappa shape index (κ2) is 8.50. The van der Waals surface area contributed by atoms with Crippen LogP contribution in [0.1, 0.15) is 48.4 Å². The highest BCUT2D eigenvalue weighted by Crippen LogP contribution is 2.35. The Bertz CT molecular complexity index is 828. The van der Waals surface area contributed by atoms with E-state index < -0.39 is 17.9 Å². The fourth-order valence-corrected chi connectivity index (χ4v) is 3.91. The maximum Gasteiger partial charge on any atom is 0.573 e. The Morgan fingerprint density at radius 3 is 2.54 bits per heavy atom. The highest BCUT2D eigenvalue weighted by Gasteiger charge is 2.33. The number of benzene rings is 2. The van der Waals surface area contributed by atoms with E-state index in [0.717, 1.165) is 30.9 Å². The van der Waals surface area contributed by atoms with Crippen molar-refractivity contribution in [2.45, 2.75) is 58.2 Å². The third-order valence-electron chi connectivity index (χ3n) is 5.32. The van der Waals surface area contributed by atoms with E-state index in [1.54, 1.807) is 6.07 Å². The summed E-state index contributed by atoms with van der Waals surface area (Å²) in [6.45, 7) is 2.05. The summed E-state index contributed by atoms with van der Waals surface area (Å²) in [7, 11) is 0. The van der Waals surface area contributed by atoms with Gasteiger partial charge in [0.05, 0.1) is 0 Å². The molecule has 1 nitrogen and oxygen atoms in total. The highest BCUT2D eigenvalue weighted by molar-refractivity contribution is 5.39. The Balaban J connectivity index is 1.64. The van der Waals surface area contributed by atoms with Crippen molar-refractivity contribution in [3.63, 3.8) is 0 Å². The fraction of sp³-hybridized carbons (Fsp3) is 0.455. The highest BCUT2D eigenvalue weighted by atomic mass is 19.4. The Morgan fingerprint density at radius 1 is 1.07 bits per heavy atom. The molecule has 1 aliphatic carbocycles. The maximum atomic E-state index is 14.3. The van der Waals surface area contributed by atoms with Crippen LogP contribution in [0.2, 0.25) is 0 Å². The van der Waals surface area contributed by atoms with Gasteiger partial charge in [-0.2, -0.15) is 0 Å². The number of rotatable bonds is 6. The molecule has 1 atom stereocenters. The quantitative estimate of drug-likeness (QED) is 0.501. The minimum Gasteiger partial charge on any atom is -0.403 e. The second-order valence-electron chi connectivity index (χ2n) is 7.39. The number of hydrogen-bond acceptors (Lipinski definition) is 1. The largest absolute Gasteiger partial charge is 0.573 e. The van der Waals surface area contributed by atoms with E-state index in [1.165, 1.54) is 6.07 Å². The lowest BCUT2D eigenvalue weighted by Gasteiger charge is -2.26. The molecule has 0 saturated carbocycles. The van der Waals surface area contributed by atoms with Crippen LogP contribution in [-0.2, 0) is 25.7 Å². The number of aryl methyl sites for hydroxylation is 2. The van der Waals surface area contributed by atoms with Gasteiger partial charge in [0.2, 0.25) is 0 Å². The van der Waals surface area contributed by atoms with Crippen molar-refractivity contribution in [3.8, 4) is 5.75 Å². The fourth-order valence-electron chi connectivity index (χ4n) is 3.91. The molecule has 0 N–H and O–H groups in total. The Labute approximate surface area is 161 Å². The molecule has 0 aromatic heterocycles. The van der Waals surface area contributed by atoms with Gasteiger partial charge in [0.25, 0.3) is 0 Å². The standard InChI is InChI=1S/C22H23F5O/c1-2-3-14-4-7-16(19(23)13-14)8-5-15-6-10-18-17(12-15)9-11-20(21(18)24)28-22(25,26)27/h4,7,9,11,13,15H,2-3,5-6,8,10,12H2,1H3. The van der Waals surface area contributed by atoms with Gasteiger partial charge in [-0.3, -0.25) is 0 Å². The zero-order valence-corrected chi connectivity index (χ0v) is 15.7. The topological polar surface area (TPSA) is 9.23 Å². The van der Waals surface area contributed by atoms with Crippen LogP contribution in [0.4, 0.5) is 22.0 Å². The van der Waals surface area contributed by atoms with E-state index >= 15 is 0 Å². The lowest BCUT2D eigenvalue weighted by Crippen LogP contribution is -2.20. The van der Waals surface area contributed by atoms with Crippen LogP contribution in [0, 0.1) is 17.6 Å². The van der Waals surface area contributed by atoms with Crippen LogP contribution in [0.3, 0.4) is 0 Å². The normalized spacial score (nSPS) is 16.7. The van der Waals surface area contributed by atoms with E-state index in [4.69, 9.17) is 0 Å². The molecule has 0 saturated heterocycles. The first-order chi connectivity index (χ1) is 13.3. The predicted octanol–water partition coefficient (Wildman–Crippen LogP) is 6.55. The van der Waals surface area contributed by atoms with Gasteiger partial charge in [-0.1, -0.05) is 31.5 Å². The van der Waals surface area contributed by atoms with Crippen molar-refractivity contribution >= 4 is 0 Å². The molecule has 0 heterocycles. The molecule has 0 aliphatic heterocycles. The lowest BCUT2D eigenvalue weighted by molar-refractivity contribution is -0.275. The molecule has 0 spiro atoms. The molecule has 0 fully saturated rings. The van der Waals surface area contributed by atoms with Crippen LogP contribution < -0.4 is 4.74 Å². The molecule has 2 aromatic rings. The van der Waals surface area contributed by atoms with E-state index in [9.17, 15) is 22.0 Å². The molecule has 6 heteroatoms. The molecule has 1 aliphatic rings. The average Bonchev–Trinajstić information content (AvgIpc) is 2.63. The molecule has 1 unspecified atom stereocenters. The molecule has 2 aromatic carbocycles. The van der Waals surface area contributed by atoms with Gasteiger partial charge in [0, 0.05) is 0 Å². The first-order valence-electron chi connectivity index (χ1n) is 9.60. The summed E-state index contributed by atoms with van der Waals surface area (Å²) < 4.78 is 69.4. The monoisotopic (exact) mass is 398 g/mol. The van der Waals surface area contributed by atoms with Gasteiger partial charge in [0.15, 0.2) is 11.6 Å². The molecular formula is C22H23F5O. The summed E-state index contributed by atoms with van der Waals surface area (Å²) in [5.74, 6) is -1.65. The molecular weight excluding hydrogens is 375 g/mol. The summed E-state index contributed by atoms with van der Waals surface area (Å²) in [5, 5.41) is 0. The van der Waals surface area contributed by atoms with Gasteiger partial charge in [0.1, 0.15) is 5.82 Å². The summed E-state index contributed by atoms with van der Waals surface area (Å²) in [6, 6.07) is 7.92. The Hall–Kier alpha value is -2.11. The number of hydrogen-bond donors (Lipinski definition) is 0. The molecule has 28 heavy (non-hydrogen) atoms. The van der Waals surface area contributed by atoms with E-state index in [0.29, 0.717) is 42.4 Å². The minimum atomic E-state index is -4.91. The van der Waals surface area contributed by atoms with Crippen molar-refractivity contribution < 1.29 is 26.7 Å². The third kappa shape index (κ3) is 5.03. The van der Waals surface area contributed by atoms with E-state index in [2.05, 4.69) is 4.74 Å². The summed E-state index contributed by atoms with van der Waals surface area (Å²) in [5.41, 5.74) is 2.67. The Morgan fingerprint density at radius 2 is 1.86 bits per heavy atom. The van der Waals surface area contributed by atoms with Crippen molar-refractivity contribution in [2.75, 3.05) is 0 Å². The Kier molecular flexibility index (Phi) is 6.26. The van der Waals surface area contributed by atoms with Crippen molar-refractivity contribution in [3.05, 3.63) is 64.2 Å². The first kappa shape index (κ1) is 20.6. The molecule has 152 valence electrons. The number of fused-ring (bicyclic) bond motifs is 1. The predicted molar refractivity (Wildman–Crippen MR) is 97.3 cm³/mol. The molecule has 0 radical (unpaired) electrons. The van der Waals surface area contributed by atoms with Gasteiger partial charge in [-0.05, 0) is 78.8 Å². The van der Waals surface area contributed by atoms with Gasteiger partial charge >= 0.3 is 6.36 Å². The first-order valence-corrected chi connectivity index (χ1v) is 9.60. The van der Waals surface area contributed by atoms with E-state index in [1.807, 2.05) is 19.1 Å². The van der Waals surface area contributed by atoms with Crippen LogP contribution in [0.25, 0.3) is 0 Å². The van der Waals surface area contributed by atoms with E-state index in [-0.39, 0.29) is 11.7 Å². The summed E-state index contributed by atoms with van der Waals surface area (Å²) in [4.78, 5) is 0. The van der Waals surface area contributed by atoms with Crippen molar-refractivity contribution in [1.29, 1.82) is 0 Å². The lowest BCUT2D eigenvalue weighted by atomic mass is 9.80. The number of ether oxygens (including phenoxy) is 1. The van der Waals surface area contributed by atoms with Crippen LogP contribution in [0.5, 0.6) is 5.75 Å². The maximum absolute atomic E-state index is 14.3. The summed E-state index contributed by atoms with van der Waals surface area (Å²) >= 11 is 0. The van der Waals surface area contributed by atoms with Crippen molar-refractivity contribution in [2.24, 2.45) is 5.92 Å². The SMILES string of the molecule is CCCc1ccc(CCC2CCc3c(ccc(OC(F)(F)F)c3F)C2)c(F)c1. The smallest absolute Gasteiger partial charge is 0.403 e. The van der Waals surface area contributed by atoms with Crippen LogP contribution >= 0.6 is 0 Å². The average molecular weight is 398 g/mol. The zero-order chi connectivity index (χ0) is 20.3. The summed E-state index contributed by atoms with van der Waals surface area (Å²) in [6.07, 6.45) is -0.151. The van der Waals surface area contributed by atoms with Crippen molar-refractivity contribution in [1.82, 2.24) is 0 Å². The van der Waals surface area contributed by atoms with Gasteiger partial charge < -0.3 is 4.74 Å². The number of halogens is 5. The molecule has 0 amide bonds.